The minimum Gasteiger partial charge on any atom is -0.509 e. The second-order valence-corrected chi connectivity index (χ2v) is 17.0. The molecule has 2 aromatic heterocycles. The molecule has 12 bridgehead atoms. The number of hydrogen-bond donors (Lipinski definition) is 0. The van der Waals surface area contributed by atoms with Gasteiger partial charge in [0.2, 0.25) is 0 Å². The molecule has 7 aromatic carbocycles. The Balaban J connectivity index is 0.00000553. The quantitative estimate of drug-likeness (QED) is 0.161. The van der Waals surface area contributed by atoms with E-state index < -0.39 is 6.37 Å². The molecule has 0 atom stereocenters. The van der Waals surface area contributed by atoms with Gasteiger partial charge in [-0.1, -0.05) is 101 Å². The van der Waals surface area contributed by atoms with E-state index in [1.807, 2.05) is 142 Å². The fraction of sp³-hybridized carbons (Fsp3) is 0.143. The van der Waals surface area contributed by atoms with Crippen molar-refractivity contribution in [3.05, 3.63) is 188 Å². The first-order valence-corrected chi connectivity index (χ1v) is 20.8. The Morgan fingerprint density at radius 2 is 1.40 bits per heavy atom. The molecule has 14 rings (SSSR count). The number of benzene rings is 7. The van der Waals surface area contributed by atoms with E-state index in [-0.39, 0.29) is 56.6 Å². The Bertz CT molecular complexity index is 3500. The van der Waals surface area contributed by atoms with Gasteiger partial charge in [-0.05, 0) is 106 Å². The van der Waals surface area contributed by atoms with Gasteiger partial charge in [-0.3, -0.25) is 0 Å². The van der Waals surface area contributed by atoms with Crippen molar-refractivity contribution < 1.29 is 38.8 Å². The number of fused-ring (bicyclic) bond motifs is 6. The normalized spacial score (nSPS) is 14.6. The predicted molar refractivity (Wildman–Crippen MR) is 252 cm³/mol. The van der Waals surface area contributed by atoms with Gasteiger partial charge in [-0.2, -0.15) is 12.1 Å². The molecular formula is C56H45N4O2Pt-3. The summed E-state index contributed by atoms with van der Waals surface area (Å²) in [4.78, 5) is 9.18. The van der Waals surface area contributed by atoms with Crippen LogP contribution in [0.15, 0.2) is 158 Å². The number of nitrogens with zero attached hydrogens (tertiary/aromatic N) is 4. The molecule has 0 saturated heterocycles. The second kappa shape index (κ2) is 15.9. The maximum Gasteiger partial charge on any atom is 0.135 e. The summed E-state index contributed by atoms with van der Waals surface area (Å²) >= 11 is 0. The third-order valence-corrected chi connectivity index (χ3v) is 11.4. The van der Waals surface area contributed by atoms with E-state index in [2.05, 4.69) is 48.8 Å². The molecule has 0 spiro atoms. The van der Waals surface area contributed by atoms with Gasteiger partial charge >= 0.3 is 0 Å². The zero-order valence-electron chi connectivity index (χ0n) is 41.3. The fourth-order valence-corrected chi connectivity index (χ4v) is 8.52. The van der Waals surface area contributed by atoms with Crippen LogP contribution in [0.2, 0.25) is 0 Å². The molecule has 0 unspecified atom stereocenters. The molecule has 63 heavy (non-hydrogen) atoms. The van der Waals surface area contributed by atoms with Crippen molar-refractivity contribution in [3.8, 4) is 51.1 Å². The number of hydrogen-bond acceptors (Lipinski definition) is 5. The van der Waals surface area contributed by atoms with Gasteiger partial charge in [0.1, 0.15) is 17.3 Å². The molecule has 0 fully saturated rings. The summed E-state index contributed by atoms with van der Waals surface area (Å²) in [5.41, 5.74) is 8.95. The third-order valence-electron chi connectivity index (χ3n) is 11.4. The summed E-state index contributed by atoms with van der Waals surface area (Å²) in [5, 5.41) is 0.943. The van der Waals surface area contributed by atoms with Gasteiger partial charge in [0, 0.05) is 75.2 Å². The van der Waals surface area contributed by atoms with Crippen molar-refractivity contribution in [2.45, 2.75) is 46.4 Å². The summed E-state index contributed by atoms with van der Waals surface area (Å²) in [7, 11) is 0. The average Bonchev–Trinajstić information content (AvgIpc) is 3.89. The van der Waals surface area contributed by atoms with Gasteiger partial charge in [0.05, 0.1) is 5.48 Å². The SMILES string of the molecule is [2H]c1c([2H])c([2H])c2c(c1[2H])c1ccc3[c-]c1n2-c1cc(C(C)(C)C)c(cn1)-c1ccc(cc1)Oc1ccc(cc1)-c1cc(C([2H])([2H])C(C)C)ccc1N1[CH-]N(c2[c-]c(ccc2)O3)c2ccccc21.[Pt]. The minimum atomic E-state index is -1.58. The molecule has 5 aliphatic rings. The van der Waals surface area contributed by atoms with E-state index in [1.165, 1.54) is 0 Å². The van der Waals surface area contributed by atoms with E-state index >= 15 is 0 Å². The number of rotatable bonds is 2. The van der Waals surface area contributed by atoms with Gasteiger partial charge < -0.3 is 23.8 Å². The first kappa shape index (κ1) is 33.9. The molecule has 7 heteroatoms. The maximum atomic E-state index is 9.19. The van der Waals surface area contributed by atoms with Crippen molar-refractivity contribution >= 4 is 44.6 Å². The number of para-hydroxylation sites is 3. The number of pyridine rings is 1. The molecule has 0 amide bonds. The van der Waals surface area contributed by atoms with Crippen LogP contribution in [0.25, 0.3) is 49.9 Å². The minimum absolute atomic E-state index is 0. The molecule has 0 N–H and O–H groups in total. The Kier molecular flexibility index (Phi) is 8.58. The van der Waals surface area contributed by atoms with Crippen molar-refractivity contribution in [2.24, 2.45) is 5.92 Å². The molecule has 0 aliphatic carbocycles. The Morgan fingerprint density at radius 1 is 0.698 bits per heavy atom. The largest absolute Gasteiger partial charge is 0.509 e. The molecule has 9 aromatic rings. The Labute approximate surface area is 392 Å². The smallest absolute Gasteiger partial charge is 0.135 e. The standard InChI is InChI=1S/C56H45N4O2.Pt/c1-36(2)29-37-17-28-50-47(30-37)38-18-22-41(23-19-38)61-42-24-20-39(21-25-42)48-34-57-55(33-49(48)56(3,4)5)60-51-14-7-6-13-45(51)46-27-26-44(32-54(46)60)62-43-12-10-11-40(31-43)58-35-59(50)53-16-9-8-15-52(53)58;/h6-28,30,33-36H,29H2,1-5H3;/q-3;/i6D,7D,13D,14D,29D2;. The van der Waals surface area contributed by atoms with Crippen LogP contribution < -0.4 is 19.3 Å². The molecule has 0 radical (unpaired) electrons. The van der Waals surface area contributed by atoms with Crippen LogP contribution >= 0.6 is 0 Å². The van der Waals surface area contributed by atoms with E-state index in [0.29, 0.717) is 61.9 Å². The van der Waals surface area contributed by atoms with Crippen LogP contribution in [0, 0.1) is 24.7 Å². The maximum absolute atomic E-state index is 9.19. The summed E-state index contributed by atoms with van der Waals surface area (Å²) in [5.74, 6) is 2.28. The molecule has 5 aliphatic heterocycles. The van der Waals surface area contributed by atoms with Crippen molar-refractivity contribution in [1.29, 1.82) is 0 Å². The molecule has 7 heterocycles. The first-order chi connectivity index (χ1) is 32.6. The second-order valence-electron chi connectivity index (χ2n) is 17.0. The van der Waals surface area contributed by atoms with E-state index in [9.17, 15) is 1.37 Å². The van der Waals surface area contributed by atoms with Crippen LogP contribution in [0.3, 0.4) is 0 Å². The Hall–Kier alpha value is -6.62. The van der Waals surface area contributed by atoms with Crippen molar-refractivity contribution in [1.82, 2.24) is 9.55 Å². The average molecular weight is 1010 g/mol. The van der Waals surface area contributed by atoms with E-state index in [0.717, 1.165) is 44.9 Å². The zero-order valence-corrected chi connectivity index (χ0v) is 37.6. The molecule has 0 saturated carbocycles. The summed E-state index contributed by atoms with van der Waals surface area (Å²) in [6, 6.07) is 46.9. The number of ether oxygens (including phenoxy) is 2. The van der Waals surface area contributed by atoms with E-state index in [1.54, 1.807) is 10.6 Å². The van der Waals surface area contributed by atoms with Crippen molar-refractivity contribution in [2.75, 3.05) is 9.80 Å². The molecule has 314 valence electrons. The predicted octanol–water partition coefficient (Wildman–Crippen LogP) is 14.9. The fourth-order valence-electron chi connectivity index (χ4n) is 8.52. The van der Waals surface area contributed by atoms with Gasteiger partial charge in [-0.25, -0.2) is 4.98 Å². The van der Waals surface area contributed by atoms with Gasteiger partial charge in [-0.15, -0.1) is 48.1 Å². The first-order valence-electron chi connectivity index (χ1n) is 23.8. The summed E-state index contributed by atoms with van der Waals surface area (Å²) in [6.45, 7) is 12.2. The van der Waals surface area contributed by atoms with Crippen LogP contribution in [-0.4, -0.2) is 9.55 Å². The van der Waals surface area contributed by atoms with Crippen LogP contribution in [0.5, 0.6) is 23.0 Å². The molecular weight excluding hydrogens is 956 g/mol. The third kappa shape index (κ3) is 7.36. The number of anilines is 4. The topological polar surface area (TPSA) is 42.8 Å². The monoisotopic (exact) mass is 1010 g/mol. The summed E-state index contributed by atoms with van der Waals surface area (Å²) in [6.07, 6.45) is 0.245. The van der Waals surface area contributed by atoms with Crippen LogP contribution in [0.1, 0.15) is 54.0 Å². The van der Waals surface area contributed by atoms with Gasteiger partial charge in [0.25, 0.3) is 0 Å². The summed E-state index contributed by atoms with van der Waals surface area (Å²) < 4.78 is 68.5. The Morgan fingerprint density at radius 3 is 2.13 bits per heavy atom. The number of aromatic nitrogens is 2. The zero-order chi connectivity index (χ0) is 47.4. The van der Waals surface area contributed by atoms with Gasteiger partial charge in [0.15, 0.2) is 0 Å². The van der Waals surface area contributed by atoms with E-state index in [4.69, 9.17) is 21.3 Å². The molecule has 6 nitrogen and oxygen atoms in total. The van der Waals surface area contributed by atoms with Crippen molar-refractivity contribution in [3.63, 3.8) is 0 Å². The van der Waals surface area contributed by atoms with Crippen LogP contribution in [-0.2, 0) is 32.9 Å². The van der Waals surface area contributed by atoms with Crippen LogP contribution in [0.4, 0.5) is 22.7 Å².